The van der Waals surface area contributed by atoms with E-state index in [4.69, 9.17) is 5.73 Å². The first kappa shape index (κ1) is 11.1. The molecule has 18 heavy (non-hydrogen) atoms. The van der Waals surface area contributed by atoms with Crippen LogP contribution in [0, 0.1) is 0 Å². The number of carbonyl (C=O) groups excluding carboxylic acids is 2. The number of amides is 3. The summed E-state index contributed by atoms with van der Waals surface area (Å²) in [6.07, 6.45) is 1.28. The number of likely N-dealkylation sites (tertiary alicyclic amines) is 1. The fourth-order valence-corrected chi connectivity index (χ4v) is 2.98. The Balaban J connectivity index is 1.93. The van der Waals surface area contributed by atoms with Crippen LogP contribution in [0.4, 0.5) is 10.5 Å². The number of urea groups is 1. The zero-order valence-corrected chi connectivity index (χ0v) is 9.98. The highest BCUT2D eigenvalue weighted by Crippen LogP contribution is 2.44. The Bertz CT molecular complexity index is 519. The van der Waals surface area contributed by atoms with Gasteiger partial charge in [-0.1, -0.05) is 18.2 Å². The topological polar surface area (TPSA) is 75.4 Å². The summed E-state index contributed by atoms with van der Waals surface area (Å²) >= 11 is 0. The Morgan fingerprint density at radius 2 is 1.94 bits per heavy atom. The van der Waals surface area contributed by atoms with Crippen LogP contribution in [0.25, 0.3) is 0 Å². The van der Waals surface area contributed by atoms with Crippen molar-refractivity contribution < 1.29 is 9.59 Å². The number of para-hydroxylation sites is 1. The van der Waals surface area contributed by atoms with Gasteiger partial charge in [-0.25, -0.2) is 4.79 Å². The molecular weight excluding hydrogens is 230 g/mol. The lowest BCUT2D eigenvalue weighted by Gasteiger charge is -2.37. The van der Waals surface area contributed by atoms with Gasteiger partial charge in [0.05, 0.1) is 5.41 Å². The quantitative estimate of drug-likeness (QED) is 0.717. The van der Waals surface area contributed by atoms with Crippen LogP contribution in [0.1, 0.15) is 18.4 Å². The van der Waals surface area contributed by atoms with Crippen LogP contribution in [-0.4, -0.2) is 29.9 Å². The predicted molar refractivity (Wildman–Crippen MR) is 67.1 cm³/mol. The third-order valence-electron chi connectivity index (χ3n) is 4.05. The molecule has 0 bridgehead atoms. The van der Waals surface area contributed by atoms with E-state index in [1.54, 1.807) is 4.90 Å². The molecule has 2 aliphatic rings. The SMILES string of the molecule is NC(=O)N1CCC2(CC1)C(=O)Nc1ccccc12. The van der Waals surface area contributed by atoms with E-state index >= 15 is 0 Å². The van der Waals surface area contributed by atoms with Crippen molar-refractivity contribution in [2.75, 3.05) is 18.4 Å². The van der Waals surface area contributed by atoms with Crippen LogP contribution in [0.5, 0.6) is 0 Å². The van der Waals surface area contributed by atoms with Crippen molar-refractivity contribution in [1.82, 2.24) is 4.90 Å². The van der Waals surface area contributed by atoms with Gasteiger partial charge >= 0.3 is 6.03 Å². The van der Waals surface area contributed by atoms with E-state index < -0.39 is 11.4 Å². The molecule has 1 aromatic rings. The summed E-state index contributed by atoms with van der Waals surface area (Å²) in [7, 11) is 0. The van der Waals surface area contributed by atoms with Crippen molar-refractivity contribution in [1.29, 1.82) is 0 Å². The number of hydrogen-bond acceptors (Lipinski definition) is 2. The molecule has 94 valence electrons. The molecule has 0 unspecified atom stereocenters. The molecule has 0 radical (unpaired) electrons. The van der Waals surface area contributed by atoms with Gasteiger partial charge in [-0.2, -0.15) is 0 Å². The molecular formula is C13H15N3O2. The van der Waals surface area contributed by atoms with E-state index in [1.165, 1.54) is 0 Å². The van der Waals surface area contributed by atoms with Gasteiger partial charge in [0.2, 0.25) is 5.91 Å². The van der Waals surface area contributed by atoms with Gasteiger partial charge < -0.3 is 16.0 Å². The maximum absolute atomic E-state index is 12.2. The number of nitrogens with one attached hydrogen (secondary N) is 1. The van der Waals surface area contributed by atoms with Crippen molar-refractivity contribution in [2.45, 2.75) is 18.3 Å². The second kappa shape index (κ2) is 3.73. The van der Waals surface area contributed by atoms with Crippen molar-refractivity contribution >= 4 is 17.6 Å². The van der Waals surface area contributed by atoms with Crippen molar-refractivity contribution in [3.8, 4) is 0 Å². The first-order valence-electron chi connectivity index (χ1n) is 6.09. The molecule has 1 saturated heterocycles. The number of primary amides is 1. The van der Waals surface area contributed by atoms with Gasteiger partial charge in [0.1, 0.15) is 0 Å². The Morgan fingerprint density at radius 1 is 1.28 bits per heavy atom. The van der Waals surface area contributed by atoms with E-state index in [1.807, 2.05) is 24.3 Å². The largest absolute Gasteiger partial charge is 0.351 e. The summed E-state index contributed by atoms with van der Waals surface area (Å²) in [5.74, 6) is 0.0489. The first-order valence-corrected chi connectivity index (χ1v) is 6.09. The number of carbonyl (C=O) groups is 2. The zero-order chi connectivity index (χ0) is 12.8. The molecule has 2 aliphatic heterocycles. The van der Waals surface area contributed by atoms with Gasteiger partial charge in [-0.05, 0) is 24.5 Å². The average Bonchev–Trinajstić information content (AvgIpc) is 2.64. The fraction of sp³-hybridized carbons (Fsp3) is 0.385. The smallest absolute Gasteiger partial charge is 0.314 e. The van der Waals surface area contributed by atoms with Crippen LogP contribution >= 0.6 is 0 Å². The van der Waals surface area contributed by atoms with E-state index in [0.29, 0.717) is 25.9 Å². The number of hydrogen-bond donors (Lipinski definition) is 2. The van der Waals surface area contributed by atoms with Gasteiger partial charge in [0.15, 0.2) is 0 Å². The fourth-order valence-electron chi connectivity index (χ4n) is 2.98. The number of fused-ring (bicyclic) bond motifs is 2. The van der Waals surface area contributed by atoms with Crippen molar-refractivity contribution in [3.63, 3.8) is 0 Å². The molecule has 5 nitrogen and oxygen atoms in total. The maximum atomic E-state index is 12.2. The normalized spacial score (nSPS) is 20.7. The molecule has 0 aliphatic carbocycles. The molecule has 1 spiro atoms. The standard InChI is InChI=1S/C13H15N3O2/c14-12(18)16-7-5-13(6-8-16)9-3-1-2-4-10(9)15-11(13)17/h1-4H,5-8H2,(H2,14,18)(H,15,17). The number of piperidine rings is 1. The van der Waals surface area contributed by atoms with Gasteiger partial charge in [-0.15, -0.1) is 0 Å². The summed E-state index contributed by atoms with van der Waals surface area (Å²) in [5, 5.41) is 2.93. The molecule has 2 heterocycles. The summed E-state index contributed by atoms with van der Waals surface area (Å²) < 4.78 is 0. The summed E-state index contributed by atoms with van der Waals surface area (Å²) in [4.78, 5) is 25.0. The molecule has 3 amide bonds. The molecule has 3 rings (SSSR count). The van der Waals surface area contributed by atoms with Gasteiger partial charge in [0, 0.05) is 18.8 Å². The van der Waals surface area contributed by atoms with Crippen molar-refractivity contribution in [2.24, 2.45) is 5.73 Å². The maximum Gasteiger partial charge on any atom is 0.314 e. The lowest BCUT2D eigenvalue weighted by Crippen LogP contribution is -2.49. The predicted octanol–water partition coefficient (Wildman–Crippen LogP) is 1.05. The number of benzene rings is 1. The highest BCUT2D eigenvalue weighted by molar-refractivity contribution is 6.06. The Hall–Kier alpha value is -2.04. The Labute approximate surface area is 105 Å². The second-order valence-corrected chi connectivity index (χ2v) is 4.91. The minimum absolute atomic E-state index is 0.0489. The van der Waals surface area contributed by atoms with Crippen LogP contribution in [0.3, 0.4) is 0 Å². The second-order valence-electron chi connectivity index (χ2n) is 4.91. The number of anilines is 1. The highest BCUT2D eigenvalue weighted by atomic mass is 16.2. The molecule has 1 aromatic carbocycles. The van der Waals surface area contributed by atoms with Gasteiger partial charge in [-0.3, -0.25) is 4.79 Å². The molecule has 0 aromatic heterocycles. The average molecular weight is 245 g/mol. The lowest BCUT2D eigenvalue weighted by atomic mass is 9.74. The minimum atomic E-state index is -0.470. The Morgan fingerprint density at radius 3 is 2.61 bits per heavy atom. The van der Waals surface area contributed by atoms with Crippen LogP contribution in [0.15, 0.2) is 24.3 Å². The molecule has 5 heteroatoms. The summed E-state index contributed by atoms with van der Waals surface area (Å²) in [6.45, 7) is 1.08. The van der Waals surface area contributed by atoms with Crippen LogP contribution in [-0.2, 0) is 10.2 Å². The van der Waals surface area contributed by atoms with Crippen LogP contribution in [0.2, 0.25) is 0 Å². The van der Waals surface area contributed by atoms with Crippen LogP contribution < -0.4 is 11.1 Å². The van der Waals surface area contributed by atoms with E-state index in [0.717, 1.165) is 11.3 Å². The van der Waals surface area contributed by atoms with E-state index in [-0.39, 0.29) is 5.91 Å². The van der Waals surface area contributed by atoms with Gasteiger partial charge in [0.25, 0.3) is 0 Å². The number of rotatable bonds is 0. The first-order chi connectivity index (χ1) is 8.63. The molecule has 0 atom stereocenters. The summed E-state index contributed by atoms with van der Waals surface area (Å²) in [5.41, 5.74) is 6.75. The van der Waals surface area contributed by atoms with E-state index in [9.17, 15) is 9.59 Å². The van der Waals surface area contributed by atoms with Crippen molar-refractivity contribution in [3.05, 3.63) is 29.8 Å². The molecule has 1 fully saturated rings. The minimum Gasteiger partial charge on any atom is -0.351 e. The monoisotopic (exact) mass is 245 g/mol. The third kappa shape index (κ3) is 1.40. The highest BCUT2D eigenvalue weighted by Gasteiger charge is 2.48. The zero-order valence-electron chi connectivity index (χ0n) is 9.98. The number of nitrogens with zero attached hydrogens (tertiary/aromatic N) is 1. The van der Waals surface area contributed by atoms with E-state index in [2.05, 4.69) is 5.32 Å². The molecule has 0 saturated carbocycles. The summed E-state index contributed by atoms with van der Waals surface area (Å²) in [6, 6.07) is 7.37. The third-order valence-corrected chi connectivity index (χ3v) is 4.05. The lowest BCUT2D eigenvalue weighted by molar-refractivity contribution is -0.122. The molecule has 3 N–H and O–H groups in total. The number of nitrogens with two attached hydrogens (primary N) is 1. The Kier molecular flexibility index (Phi) is 2.29.